The maximum atomic E-state index is 14.5. The van der Waals surface area contributed by atoms with Crippen LogP contribution in [-0.2, 0) is 12.8 Å². The van der Waals surface area contributed by atoms with E-state index in [9.17, 15) is 17.6 Å². The van der Waals surface area contributed by atoms with Crippen LogP contribution in [-0.4, -0.2) is 12.1 Å². The van der Waals surface area contributed by atoms with Crippen LogP contribution in [0.2, 0.25) is 0 Å². The lowest BCUT2D eigenvalue weighted by Crippen LogP contribution is -1.96. The molecule has 4 rings (SSSR count). The third kappa shape index (κ3) is 4.57. The molecule has 0 atom stereocenters. The number of aryl methyl sites for hydroxylation is 2. The summed E-state index contributed by atoms with van der Waals surface area (Å²) in [6, 6.07) is 13.7. The van der Waals surface area contributed by atoms with Crippen LogP contribution in [0.3, 0.4) is 0 Å². The van der Waals surface area contributed by atoms with E-state index >= 15 is 0 Å². The van der Waals surface area contributed by atoms with Crippen molar-refractivity contribution in [2.45, 2.75) is 12.8 Å². The lowest BCUT2D eigenvalue weighted by Gasteiger charge is -2.04. The largest absolute Gasteiger partial charge is 0.495 e. The van der Waals surface area contributed by atoms with Crippen molar-refractivity contribution in [1.29, 1.82) is 0 Å². The van der Waals surface area contributed by atoms with Crippen molar-refractivity contribution in [1.82, 2.24) is 4.98 Å². The van der Waals surface area contributed by atoms with E-state index < -0.39 is 23.3 Å². The Kier molecular flexibility index (Phi) is 6.09. The Balaban J connectivity index is 1.50. The van der Waals surface area contributed by atoms with Gasteiger partial charge in [-0.05, 0) is 66.3 Å². The molecular formula is C26H17F4NO. The number of halogens is 4. The van der Waals surface area contributed by atoms with Gasteiger partial charge in [0.2, 0.25) is 0 Å². The number of pyridine rings is 1. The third-order valence-corrected chi connectivity index (χ3v) is 5.05. The fraction of sp³-hybridized carbons (Fsp3) is 0.115. The summed E-state index contributed by atoms with van der Waals surface area (Å²) in [6.45, 7) is 0. The average molecular weight is 435 g/mol. The van der Waals surface area contributed by atoms with E-state index in [2.05, 4.69) is 16.8 Å². The highest BCUT2D eigenvalue weighted by Gasteiger charge is 2.13. The van der Waals surface area contributed by atoms with Gasteiger partial charge in [-0.25, -0.2) is 17.6 Å². The number of rotatable bonds is 4. The topological polar surface area (TPSA) is 22.1 Å². The monoisotopic (exact) mass is 435 g/mol. The molecule has 0 spiro atoms. The average Bonchev–Trinajstić information content (AvgIpc) is 2.81. The van der Waals surface area contributed by atoms with Gasteiger partial charge < -0.3 is 4.74 Å². The summed E-state index contributed by atoms with van der Waals surface area (Å²) in [6.07, 6.45) is 2.91. The second-order valence-corrected chi connectivity index (χ2v) is 7.18. The fourth-order valence-corrected chi connectivity index (χ4v) is 3.29. The Labute approximate surface area is 182 Å². The molecule has 0 aliphatic rings. The summed E-state index contributed by atoms with van der Waals surface area (Å²) < 4.78 is 60.3. The lowest BCUT2D eigenvalue weighted by atomic mass is 10.0. The van der Waals surface area contributed by atoms with Crippen molar-refractivity contribution < 1.29 is 22.3 Å². The molecule has 4 aromatic rings. The van der Waals surface area contributed by atoms with E-state index in [1.807, 2.05) is 12.1 Å². The predicted octanol–water partition coefficient (Wildman–Crippen LogP) is 5.98. The van der Waals surface area contributed by atoms with E-state index in [0.717, 1.165) is 17.3 Å². The quantitative estimate of drug-likeness (QED) is 0.223. The summed E-state index contributed by atoms with van der Waals surface area (Å²) >= 11 is 0. The van der Waals surface area contributed by atoms with Crippen LogP contribution in [0, 0.1) is 35.1 Å². The third-order valence-electron chi connectivity index (χ3n) is 5.05. The molecule has 32 heavy (non-hydrogen) atoms. The molecule has 160 valence electrons. The first-order valence-corrected chi connectivity index (χ1v) is 9.81. The maximum absolute atomic E-state index is 14.5. The van der Waals surface area contributed by atoms with Gasteiger partial charge in [0.1, 0.15) is 11.6 Å². The molecule has 0 saturated heterocycles. The van der Waals surface area contributed by atoms with E-state index in [0.29, 0.717) is 24.2 Å². The van der Waals surface area contributed by atoms with Crippen LogP contribution in [0.15, 0.2) is 60.8 Å². The zero-order valence-corrected chi connectivity index (χ0v) is 17.1. The van der Waals surface area contributed by atoms with Crippen molar-refractivity contribution in [3.63, 3.8) is 0 Å². The van der Waals surface area contributed by atoms with Crippen LogP contribution < -0.4 is 4.74 Å². The summed E-state index contributed by atoms with van der Waals surface area (Å²) in [4.78, 5) is 4.30. The number of hydrogen-bond donors (Lipinski definition) is 0. The van der Waals surface area contributed by atoms with E-state index in [1.54, 1.807) is 25.4 Å². The molecule has 0 aliphatic carbocycles. The van der Waals surface area contributed by atoms with Gasteiger partial charge in [-0.1, -0.05) is 24.0 Å². The molecule has 0 radical (unpaired) electrons. The SMILES string of the molecule is COc1ccc(CCc2ccc(C#Cc3ccc4c(F)c(F)c(F)cc4c3)c(F)c2)nc1. The molecule has 1 heterocycles. The second kappa shape index (κ2) is 9.11. The molecule has 0 saturated carbocycles. The van der Waals surface area contributed by atoms with E-state index in [1.165, 1.54) is 24.3 Å². The van der Waals surface area contributed by atoms with Gasteiger partial charge in [-0.3, -0.25) is 4.98 Å². The molecular weight excluding hydrogens is 418 g/mol. The molecule has 0 amide bonds. The molecule has 0 N–H and O–H groups in total. The summed E-state index contributed by atoms with van der Waals surface area (Å²) in [7, 11) is 1.57. The highest BCUT2D eigenvalue weighted by Crippen LogP contribution is 2.24. The van der Waals surface area contributed by atoms with Crippen LogP contribution in [0.5, 0.6) is 5.75 Å². The van der Waals surface area contributed by atoms with Gasteiger partial charge in [-0.15, -0.1) is 0 Å². The van der Waals surface area contributed by atoms with Crippen LogP contribution >= 0.6 is 0 Å². The molecule has 2 nitrogen and oxygen atoms in total. The normalized spacial score (nSPS) is 10.7. The number of benzene rings is 3. The maximum Gasteiger partial charge on any atom is 0.195 e. The van der Waals surface area contributed by atoms with Crippen molar-refractivity contribution in [2.75, 3.05) is 7.11 Å². The van der Waals surface area contributed by atoms with Crippen molar-refractivity contribution in [2.24, 2.45) is 0 Å². The number of ether oxygens (including phenoxy) is 1. The molecule has 0 fully saturated rings. The Morgan fingerprint density at radius 2 is 1.66 bits per heavy atom. The highest BCUT2D eigenvalue weighted by molar-refractivity contribution is 5.84. The minimum Gasteiger partial charge on any atom is -0.495 e. The summed E-state index contributed by atoms with van der Waals surface area (Å²) in [5.74, 6) is 1.71. The van der Waals surface area contributed by atoms with Gasteiger partial charge in [0.05, 0.1) is 18.9 Å². The van der Waals surface area contributed by atoms with E-state index in [4.69, 9.17) is 4.74 Å². The molecule has 1 aromatic heterocycles. The first-order chi connectivity index (χ1) is 15.4. The molecule has 0 bridgehead atoms. The molecule has 0 aliphatic heterocycles. The van der Waals surface area contributed by atoms with Gasteiger partial charge in [0.15, 0.2) is 17.5 Å². The zero-order chi connectivity index (χ0) is 22.7. The van der Waals surface area contributed by atoms with Gasteiger partial charge >= 0.3 is 0 Å². The van der Waals surface area contributed by atoms with Crippen molar-refractivity contribution in [3.05, 3.63) is 106 Å². The minimum absolute atomic E-state index is 0.0451. The first-order valence-electron chi connectivity index (χ1n) is 9.81. The summed E-state index contributed by atoms with van der Waals surface area (Å²) in [5, 5.41) is 0.132. The van der Waals surface area contributed by atoms with Crippen molar-refractivity contribution in [3.8, 4) is 17.6 Å². The van der Waals surface area contributed by atoms with Gasteiger partial charge in [0.25, 0.3) is 0 Å². The second-order valence-electron chi connectivity index (χ2n) is 7.18. The molecule has 0 unspecified atom stereocenters. The Morgan fingerprint density at radius 1 is 0.812 bits per heavy atom. The highest BCUT2D eigenvalue weighted by atomic mass is 19.2. The fourth-order valence-electron chi connectivity index (χ4n) is 3.29. The lowest BCUT2D eigenvalue weighted by molar-refractivity contribution is 0.412. The number of nitrogens with zero attached hydrogens (tertiary/aromatic N) is 1. The number of aromatic nitrogens is 1. The number of methoxy groups -OCH3 is 1. The minimum atomic E-state index is -1.51. The van der Waals surface area contributed by atoms with Gasteiger partial charge in [-0.2, -0.15) is 0 Å². The number of fused-ring (bicyclic) bond motifs is 1. The first kappa shape index (κ1) is 21.4. The summed E-state index contributed by atoms with van der Waals surface area (Å²) in [5.41, 5.74) is 2.31. The van der Waals surface area contributed by atoms with Crippen LogP contribution in [0.25, 0.3) is 10.8 Å². The zero-order valence-electron chi connectivity index (χ0n) is 17.1. The number of hydrogen-bond acceptors (Lipinski definition) is 2. The smallest absolute Gasteiger partial charge is 0.195 e. The Bertz CT molecular complexity index is 1350. The molecule has 6 heteroatoms. The van der Waals surface area contributed by atoms with Crippen molar-refractivity contribution >= 4 is 10.8 Å². The van der Waals surface area contributed by atoms with Crippen LogP contribution in [0.4, 0.5) is 17.6 Å². The standard InChI is InChI=1S/C26H17F4NO/c1-32-21-10-9-20(31-15-21)8-4-17-3-7-18(23(27)13-17)6-2-16-5-11-22-19(12-16)14-24(28)26(30)25(22)29/h3,5,7,9-15H,4,8H2,1H3. The molecule has 3 aromatic carbocycles. The predicted molar refractivity (Wildman–Crippen MR) is 114 cm³/mol. The Morgan fingerprint density at radius 3 is 2.38 bits per heavy atom. The Hall–Kier alpha value is -3.85. The van der Waals surface area contributed by atoms with Gasteiger partial charge in [0, 0.05) is 16.6 Å². The van der Waals surface area contributed by atoms with E-state index in [-0.39, 0.29) is 16.3 Å². The van der Waals surface area contributed by atoms with Crippen LogP contribution in [0.1, 0.15) is 22.4 Å².